The normalized spacial score (nSPS) is 23.0. The highest BCUT2D eigenvalue weighted by Gasteiger charge is 2.45. The van der Waals surface area contributed by atoms with E-state index in [4.69, 9.17) is 4.74 Å². The third-order valence-corrected chi connectivity index (χ3v) is 5.46. The summed E-state index contributed by atoms with van der Waals surface area (Å²) in [6.45, 7) is 1.38. The summed E-state index contributed by atoms with van der Waals surface area (Å²) in [4.78, 5) is 0.463. The molecule has 3 atom stereocenters. The minimum atomic E-state index is -4.45. The van der Waals surface area contributed by atoms with Gasteiger partial charge in [-0.25, -0.2) is 0 Å². The van der Waals surface area contributed by atoms with Crippen molar-refractivity contribution in [3.05, 3.63) is 59.7 Å². The molecule has 3 unspecified atom stereocenters. The Morgan fingerprint density at radius 2 is 1.61 bits per heavy atom. The monoisotopic (exact) mass is 342 g/mol. The number of para-hydroxylation sites is 1. The van der Waals surface area contributed by atoms with E-state index in [0.717, 1.165) is 12.1 Å². The molecule has 1 heterocycles. The average molecular weight is 342 g/mol. The van der Waals surface area contributed by atoms with Crippen LogP contribution >= 0.6 is 0 Å². The molecule has 7 heteroatoms. The van der Waals surface area contributed by atoms with Crippen LogP contribution in [0.2, 0.25) is 0 Å². The molecule has 1 aliphatic heterocycles. The van der Waals surface area contributed by atoms with E-state index in [1.165, 1.54) is 19.1 Å². The van der Waals surface area contributed by atoms with Crippen LogP contribution in [0.3, 0.4) is 0 Å². The molecule has 0 saturated carbocycles. The van der Waals surface area contributed by atoms with Crippen molar-refractivity contribution in [1.82, 2.24) is 0 Å². The molecule has 0 aromatic heterocycles. The molecule has 2 aromatic rings. The predicted octanol–water partition coefficient (Wildman–Crippen LogP) is 3.44. The Hall–Kier alpha value is -1.86. The number of hydrogen-bond acceptors (Lipinski definition) is 3. The summed E-state index contributed by atoms with van der Waals surface area (Å²) >= 11 is 0. The molecule has 0 saturated heterocycles. The zero-order valence-corrected chi connectivity index (χ0v) is 12.8. The van der Waals surface area contributed by atoms with Gasteiger partial charge < -0.3 is 9.84 Å². The second-order valence-corrected chi connectivity index (χ2v) is 6.88. The highest BCUT2D eigenvalue weighted by Crippen LogP contribution is 2.41. The molecule has 0 spiro atoms. The Morgan fingerprint density at radius 3 is 2.17 bits per heavy atom. The van der Waals surface area contributed by atoms with Crippen LogP contribution in [0.1, 0.15) is 18.1 Å². The Bertz CT molecular complexity index is 754. The number of aliphatic hydroxyl groups is 1. The van der Waals surface area contributed by atoms with Gasteiger partial charge in [-0.05, 0) is 36.8 Å². The summed E-state index contributed by atoms with van der Waals surface area (Å²) in [6, 6.07) is 10.8. The van der Waals surface area contributed by atoms with Crippen molar-refractivity contribution in [3.63, 3.8) is 0 Å². The van der Waals surface area contributed by atoms with Gasteiger partial charge in [0, 0.05) is 0 Å². The first-order valence-electron chi connectivity index (χ1n) is 6.77. The molecule has 122 valence electrons. The lowest BCUT2D eigenvalue weighted by Crippen LogP contribution is -2.41. The van der Waals surface area contributed by atoms with E-state index in [1.807, 2.05) is 0 Å². The summed E-state index contributed by atoms with van der Waals surface area (Å²) in [5.74, 6) is 0.406. The van der Waals surface area contributed by atoms with Crippen molar-refractivity contribution < 1.29 is 27.2 Å². The molecule has 0 bridgehead atoms. The number of hydrogen-bond donors (Lipinski definition) is 1. The zero-order chi connectivity index (χ0) is 16.8. The van der Waals surface area contributed by atoms with Crippen molar-refractivity contribution >= 4 is 10.8 Å². The molecule has 0 fully saturated rings. The molecule has 3 rings (SSSR count). The fraction of sp³-hybridized carbons (Fsp3) is 0.250. The van der Waals surface area contributed by atoms with Crippen molar-refractivity contribution in [3.8, 4) is 5.75 Å². The van der Waals surface area contributed by atoms with Crippen molar-refractivity contribution in [2.24, 2.45) is 0 Å². The smallest absolute Gasteiger partial charge is 0.416 e. The van der Waals surface area contributed by atoms with Crippen LogP contribution in [-0.4, -0.2) is 14.8 Å². The quantitative estimate of drug-likeness (QED) is 0.909. The Labute approximate surface area is 133 Å². The van der Waals surface area contributed by atoms with Crippen LogP contribution in [0.25, 0.3) is 0 Å². The zero-order valence-electron chi connectivity index (χ0n) is 12.0. The molecule has 2 aromatic carbocycles. The maximum atomic E-state index is 12.6. The van der Waals surface area contributed by atoms with Gasteiger partial charge in [-0.15, -0.1) is 0 Å². The fourth-order valence-corrected chi connectivity index (χ4v) is 3.95. The first-order chi connectivity index (χ1) is 10.7. The molecule has 3 nitrogen and oxygen atoms in total. The maximum absolute atomic E-state index is 12.6. The van der Waals surface area contributed by atoms with E-state index in [0.29, 0.717) is 10.6 Å². The van der Waals surface area contributed by atoms with Crippen LogP contribution in [0.4, 0.5) is 13.2 Å². The van der Waals surface area contributed by atoms with Crippen LogP contribution in [-0.2, 0) is 22.6 Å². The largest absolute Gasteiger partial charge is 0.472 e. The van der Waals surface area contributed by atoms with E-state index in [-0.39, 0.29) is 5.56 Å². The molecule has 1 N–H and O–H groups in total. The summed E-state index contributed by atoms with van der Waals surface area (Å²) in [5.41, 5.74) is -3.39. The lowest BCUT2D eigenvalue weighted by atomic mass is 9.95. The van der Waals surface area contributed by atoms with E-state index >= 15 is 0 Å². The molecular formula is C16H13F3O3S. The summed E-state index contributed by atoms with van der Waals surface area (Å²) in [6.07, 6.45) is -4.45. The van der Waals surface area contributed by atoms with Crippen molar-refractivity contribution in [2.75, 3.05) is 0 Å². The minimum Gasteiger partial charge on any atom is -0.472 e. The predicted molar refractivity (Wildman–Crippen MR) is 78.3 cm³/mol. The van der Waals surface area contributed by atoms with Gasteiger partial charge in [0.05, 0.1) is 10.5 Å². The second kappa shape index (κ2) is 5.35. The van der Waals surface area contributed by atoms with Gasteiger partial charge in [-0.3, -0.25) is 4.21 Å². The van der Waals surface area contributed by atoms with Gasteiger partial charge >= 0.3 is 6.18 Å². The van der Waals surface area contributed by atoms with E-state index in [2.05, 4.69) is 0 Å². The summed E-state index contributed by atoms with van der Waals surface area (Å²) < 4.78 is 55.9. The molecule has 0 radical (unpaired) electrons. The molecular weight excluding hydrogens is 329 g/mol. The van der Waals surface area contributed by atoms with Crippen molar-refractivity contribution in [2.45, 2.75) is 29.0 Å². The molecule has 1 aliphatic rings. The first kappa shape index (κ1) is 16.0. The maximum Gasteiger partial charge on any atom is 0.416 e. The van der Waals surface area contributed by atoms with Crippen LogP contribution in [0.5, 0.6) is 5.75 Å². The van der Waals surface area contributed by atoms with Crippen LogP contribution in [0, 0.1) is 0 Å². The Morgan fingerprint density at radius 1 is 1.04 bits per heavy atom. The van der Waals surface area contributed by atoms with Gasteiger partial charge in [-0.1, -0.05) is 24.3 Å². The number of ether oxygens (including phenoxy) is 1. The number of benzene rings is 2. The van der Waals surface area contributed by atoms with E-state index < -0.39 is 33.6 Å². The van der Waals surface area contributed by atoms with E-state index in [9.17, 15) is 22.5 Å². The van der Waals surface area contributed by atoms with Gasteiger partial charge in [0.2, 0.25) is 5.44 Å². The van der Waals surface area contributed by atoms with E-state index in [1.54, 1.807) is 24.3 Å². The second-order valence-electron chi connectivity index (χ2n) is 5.42. The number of rotatable bonds is 2. The first-order valence-corrected chi connectivity index (χ1v) is 7.99. The number of halogens is 3. The highest BCUT2D eigenvalue weighted by molar-refractivity contribution is 7.86. The van der Waals surface area contributed by atoms with Crippen LogP contribution < -0.4 is 4.74 Å². The highest BCUT2D eigenvalue weighted by atomic mass is 32.2. The van der Waals surface area contributed by atoms with Gasteiger partial charge in [0.1, 0.15) is 22.2 Å². The SMILES string of the molecule is CC(O)(c1ccc(C(F)(F)F)cc1)C1Oc2ccccc2S1=O. The third-order valence-electron chi connectivity index (χ3n) is 3.75. The van der Waals surface area contributed by atoms with Gasteiger partial charge in [0.25, 0.3) is 0 Å². The lowest BCUT2D eigenvalue weighted by molar-refractivity contribution is -0.137. The molecule has 23 heavy (non-hydrogen) atoms. The average Bonchev–Trinajstić information content (AvgIpc) is 2.85. The Kier molecular flexibility index (Phi) is 3.72. The topological polar surface area (TPSA) is 46.5 Å². The van der Waals surface area contributed by atoms with Crippen molar-refractivity contribution in [1.29, 1.82) is 0 Å². The number of fused-ring (bicyclic) bond motifs is 1. The van der Waals surface area contributed by atoms with Gasteiger partial charge in [0.15, 0.2) is 0 Å². The molecule has 0 amide bonds. The number of alkyl halides is 3. The Balaban J connectivity index is 1.92. The fourth-order valence-electron chi connectivity index (χ4n) is 2.44. The van der Waals surface area contributed by atoms with Gasteiger partial charge in [-0.2, -0.15) is 13.2 Å². The standard InChI is InChI=1S/C16H13F3O3S/c1-15(20,10-6-8-11(9-7-10)16(17,18)19)14-22-12-4-2-3-5-13(12)23(14)21/h2-9,14,20H,1H3. The van der Waals surface area contributed by atoms with Crippen LogP contribution in [0.15, 0.2) is 53.4 Å². The lowest BCUT2D eigenvalue weighted by Gasteiger charge is -2.29. The molecule has 0 aliphatic carbocycles. The summed E-state index contributed by atoms with van der Waals surface area (Å²) in [5, 5.41) is 10.7. The third kappa shape index (κ3) is 2.74. The summed E-state index contributed by atoms with van der Waals surface area (Å²) in [7, 11) is -1.62. The minimum absolute atomic E-state index is 0.205.